The van der Waals surface area contributed by atoms with E-state index in [2.05, 4.69) is 15.0 Å². The third-order valence-electron chi connectivity index (χ3n) is 4.59. The second-order valence-electron chi connectivity index (χ2n) is 6.86. The number of ether oxygens (including phenoxy) is 2. The van der Waals surface area contributed by atoms with Crippen LogP contribution in [0.2, 0.25) is 0 Å². The molecule has 0 fully saturated rings. The van der Waals surface area contributed by atoms with E-state index in [-0.39, 0.29) is 6.01 Å². The van der Waals surface area contributed by atoms with E-state index < -0.39 is 17.7 Å². The van der Waals surface area contributed by atoms with E-state index in [9.17, 15) is 9.90 Å². The molecule has 7 nitrogen and oxygen atoms in total. The second kappa shape index (κ2) is 9.45. The van der Waals surface area contributed by atoms with Crippen LogP contribution in [0.15, 0.2) is 60.7 Å². The third-order valence-corrected chi connectivity index (χ3v) is 4.59. The van der Waals surface area contributed by atoms with Crippen molar-refractivity contribution in [2.75, 3.05) is 6.61 Å². The Morgan fingerprint density at radius 3 is 1.87 bits per heavy atom. The summed E-state index contributed by atoms with van der Waals surface area (Å²) in [4.78, 5) is 25.0. The molecule has 0 aliphatic rings. The van der Waals surface area contributed by atoms with Crippen molar-refractivity contribution in [2.45, 2.75) is 38.9 Å². The van der Waals surface area contributed by atoms with Gasteiger partial charge in [-0.1, -0.05) is 67.6 Å². The standard InChI is InChI=1S/C23H25N3O4/c1-4-15-29-23(18-11-7-5-8-12-18,19-13-9-6-10-14-19)20(21(27)28)30-22-25-16(2)24-17(3)26-22/h5-14,20H,4,15H2,1-3H3,(H,27,28). The predicted octanol–water partition coefficient (Wildman–Crippen LogP) is 3.69. The van der Waals surface area contributed by atoms with Crippen molar-refractivity contribution in [3.63, 3.8) is 0 Å². The Labute approximate surface area is 175 Å². The third kappa shape index (κ3) is 4.46. The monoisotopic (exact) mass is 407 g/mol. The molecular formula is C23H25N3O4. The van der Waals surface area contributed by atoms with Crippen LogP contribution in [-0.2, 0) is 15.1 Å². The Morgan fingerprint density at radius 2 is 1.43 bits per heavy atom. The molecule has 0 saturated carbocycles. The van der Waals surface area contributed by atoms with Gasteiger partial charge in [0.15, 0.2) is 5.60 Å². The van der Waals surface area contributed by atoms with Crippen LogP contribution in [0.5, 0.6) is 6.01 Å². The number of aryl methyl sites for hydroxylation is 2. The van der Waals surface area contributed by atoms with Gasteiger partial charge in [0.2, 0.25) is 6.10 Å². The molecule has 1 aromatic heterocycles. The maximum absolute atomic E-state index is 12.6. The molecule has 0 bridgehead atoms. The Kier molecular flexibility index (Phi) is 6.74. The molecule has 30 heavy (non-hydrogen) atoms. The zero-order chi connectivity index (χ0) is 21.6. The lowest BCUT2D eigenvalue weighted by molar-refractivity contribution is -0.164. The summed E-state index contributed by atoms with van der Waals surface area (Å²) in [6.45, 7) is 5.71. The fourth-order valence-corrected chi connectivity index (χ4v) is 3.40. The minimum Gasteiger partial charge on any atom is -0.478 e. The molecule has 3 rings (SSSR count). The highest BCUT2D eigenvalue weighted by atomic mass is 16.6. The Bertz CT molecular complexity index is 921. The van der Waals surface area contributed by atoms with Crippen LogP contribution in [0, 0.1) is 13.8 Å². The molecule has 0 amide bonds. The normalized spacial score (nSPS) is 12.4. The topological polar surface area (TPSA) is 94.4 Å². The van der Waals surface area contributed by atoms with Crippen LogP contribution in [-0.4, -0.2) is 38.7 Å². The number of hydrogen-bond acceptors (Lipinski definition) is 6. The average Bonchev–Trinajstić information content (AvgIpc) is 2.74. The molecule has 156 valence electrons. The Balaban J connectivity index is 2.22. The first kappa shape index (κ1) is 21.4. The molecule has 1 atom stereocenters. The summed E-state index contributed by atoms with van der Waals surface area (Å²) in [6.07, 6.45) is -0.729. The van der Waals surface area contributed by atoms with Crippen molar-refractivity contribution in [3.05, 3.63) is 83.4 Å². The summed E-state index contributed by atoms with van der Waals surface area (Å²) in [7, 11) is 0. The van der Waals surface area contributed by atoms with Crippen LogP contribution in [0.3, 0.4) is 0 Å². The fourth-order valence-electron chi connectivity index (χ4n) is 3.40. The van der Waals surface area contributed by atoms with E-state index in [0.717, 1.165) is 0 Å². The van der Waals surface area contributed by atoms with Gasteiger partial charge in [0.1, 0.15) is 11.6 Å². The molecule has 0 aliphatic carbocycles. The van der Waals surface area contributed by atoms with Gasteiger partial charge in [-0.2, -0.15) is 9.97 Å². The van der Waals surface area contributed by atoms with Crippen LogP contribution in [0.4, 0.5) is 0 Å². The van der Waals surface area contributed by atoms with E-state index in [4.69, 9.17) is 9.47 Å². The first-order chi connectivity index (χ1) is 14.5. The van der Waals surface area contributed by atoms with Crippen molar-refractivity contribution >= 4 is 5.97 Å². The van der Waals surface area contributed by atoms with Crippen molar-refractivity contribution in [1.82, 2.24) is 15.0 Å². The second-order valence-corrected chi connectivity index (χ2v) is 6.86. The lowest BCUT2D eigenvalue weighted by Gasteiger charge is -2.38. The average molecular weight is 407 g/mol. The number of carbonyl (C=O) groups is 1. The quantitative estimate of drug-likeness (QED) is 0.578. The number of aromatic nitrogens is 3. The van der Waals surface area contributed by atoms with Crippen LogP contribution >= 0.6 is 0 Å². The van der Waals surface area contributed by atoms with E-state index in [1.54, 1.807) is 13.8 Å². The Morgan fingerprint density at radius 1 is 0.933 bits per heavy atom. The minimum absolute atomic E-state index is 0.0521. The number of carboxylic acids is 1. The Hall–Kier alpha value is -3.32. The molecule has 1 heterocycles. The van der Waals surface area contributed by atoms with E-state index in [1.807, 2.05) is 67.6 Å². The minimum atomic E-state index is -1.44. The number of carboxylic acid groups (broad SMARTS) is 1. The van der Waals surface area contributed by atoms with Gasteiger partial charge in [0.05, 0.1) is 0 Å². The molecular weight excluding hydrogens is 382 g/mol. The van der Waals surface area contributed by atoms with Gasteiger partial charge in [0.25, 0.3) is 0 Å². The van der Waals surface area contributed by atoms with Gasteiger partial charge in [-0.25, -0.2) is 9.78 Å². The number of nitrogens with zero attached hydrogens (tertiary/aromatic N) is 3. The summed E-state index contributed by atoms with van der Waals surface area (Å²) in [5, 5.41) is 10.3. The summed E-state index contributed by atoms with van der Waals surface area (Å²) in [5.74, 6) is -0.295. The highest BCUT2D eigenvalue weighted by Crippen LogP contribution is 2.39. The molecule has 0 aliphatic heterocycles. The van der Waals surface area contributed by atoms with E-state index >= 15 is 0 Å². The van der Waals surface area contributed by atoms with Crippen molar-refractivity contribution < 1.29 is 19.4 Å². The molecule has 0 radical (unpaired) electrons. The highest BCUT2D eigenvalue weighted by Gasteiger charge is 2.50. The van der Waals surface area contributed by atoms with Gasteiger partial charge in [-0.15, -0.1) is 0 Å². The summed E-state index contributed by atoms with van der Waals surface area (Å²) in [6, 6.07) is 18.4. The van der Waals surface area contributed by atoms with Crippen molar-refractivity contribution in [3.8, 4) is 6.01 Å². The number of rotatable bonds is 9. The zero-order valence-electron chi connectivity index (χ0n) is 17.3. The lowest BCUT2D eigenvalue weighted by atomic mass is 9.81. The van der Waals surface area contributed by atoms with E-state index in [1.165, 1.54) is 0 Å². The van der Waals surface area contributed by atoms with Crippen LogP contribution < -0.4 is 4.74 Å². The molecule has 3 aromatic rings. The molecule has 2 aromatic carbocycles. The first-order valence-corrected chi connectivity index (χ1v) is 9.81. The number of hydrogen-bond donors (Lipinski definition) is 1. The SMILES string of the molecule is CCCOC(c1ccccc1)(c1ccccc1)C(Oc1nc(C)nc(C)n1)C(=O)O. The molecule has 1 unspecified atom stereocenters. The number of benzene rings is 2. The molecule has 0 spiro atoms. The van der Waals surface area contributed by atoms with Gasteiger partial charge < -0.3 is 14.6 Å². The van der Waals surface area contributed by atoms with Crippen molar-refractivity contribution in [1.29, 1.82) is 0 Å². The number of aliphatic carboxylic acids is 1. The zero-order valence-corrected chi connectivity index (χ0v) is 17.3. The fraction of sp³-hybridized carbons (Fsp3) is 0.304. The maximum Gasteiger partial charge on any atom is 0.348 e. The van der Waals surface area contributed by atoms with Gasteiger partial charge in [0, 0.05) is 6.61 Å². The van der Waals surface area contributed by atoms with Crippen LogP contribution in [0.25, 0.3) is 0 Å². The lowest BCUT2D eigenvalue weighted by Crippen LogP contribution is -2.51. The van der Waals surface area contributed by atoms with E-state index in [0.29, 0.717) is 35.8 Å². The smallest absolute Gasteiger partial charge is 0.348 e. The van der Waals surface area contributed by atoms with Crippen LogP contribution in [0.1, 0.15) is 36.1 Å². The summed E-state index contributed by atoms with van der Waals surface area (Å²) < 4.78 is 12.3. The van der Waals surface area contributed by atoms with Crippen molar-refractivity contribution in [2.24, 2.45) is 0 Å². The highest BCUT2D eigenvalue weighted by molar-refractivity contribution is 5.76. The molecule has 0 saturated heterocycles. The maximum atomic E-state index is 12.6. The van der Waals surface area contributed by atoms with Gasteiger partial charge >= 0.3 is 12.0 Å². The molecule has 1 N–H and O–H groups in total. The van der Waals surface area contributed by atoms with Gasteiger partial charge in [-0.3, -0.25) is 0 Å². The van der Waals surface area contributed by atoms with Gasteiger partial charge in [-0.05, 0) is 31.4 Å². The summed E-state index contributed by atoms with van der Waals surface area (Å²) in [5.41, 5.74) is -0.0715. The molecule has 7 heteroatoms. The predicted molar refractivity (Wildman–Crippen MR) is 111 cm³/mol. The largest absolute Gasteiger partial charge is 0.478 e. The summed E-state index contributed by atoms with van der Waals surface area (Å²) >= 11 is 0. The first-order valence-electron chi connectivity index (χ1n) is 9.81.